The van der Waals surface area contributed by atoms with Gasteiger partial charge in [-0.05, 0) is 55.8 Å². The molecule has 0 spiro atoms. The van der Waals surface area contributed by atoms with E-state index in [-0.39, 0.29) is 18.7 Å². The number of hydrogen-bond acceptors (Lipinski definition) is 9. The van der Waals surface area contributed by atoms with E-state index in [1.807, 2.05) is 26.8 Å². The highest BCUT2D eigenvalue weighted by Gasteiger charge is 2.40. The summed E-state index contributed by atoms with van der Waals surface area (Å²) in [6.45, 7) is 5.94. The Kier molecular flexibility index (Phi) is 6.91. The van der Waals surface area contributed by atoms with Gasteiger partial charge in [-0.3, -0.25) is 0 Å². The molecule has 179 valence electrons. The number of nitriles is 2. The van der Waals surface area contributed by atoms with E-state index in [9.17, 15) is 20.4 Å². The summed E-state index contributed by atoms with van der Waals surface area (Å²) in [5.41, 5.74) is 3.34. The summed E-state index contributed by atoms with van der Waals surface area (Å²) in [6.07, 6.45) is 2.19. The molecule has 2 aromatic carbocycles. The van der Waals surface area contributed by atoms with Crippen LogP contribution in [-0.2, 0) is 10.2 Å². The van der Waals surface area contributed by atoms with Crippen molar-refractivity contribution < 1.29 is 14.6 Å². The Morgan fingerprint density at radius 2 is 2.08 bits per heavy atom. The maximum absolute atomic E-state index is 11.2. The SMILES string of the molecule is CC(C)Oc1ccc(C#N)cc1Nc1nccc(-c2cc(C#N)c3c(c2)[C@@](C)(CO)CN3[B]C=O)n1. The molecule has 2 heterocycles. The highest BCUT2D eigenvalue weighted by Crippen LogP contribution is 2.44. The Morgan fingerprint density at radius 1 is 1.28 bits per heavy atom. The number of ether oxygens (including phenoxy) is 1. The minimum absolute atomic E-state index is 0.0709. The molecule has 1 radical (unpaired) electrons. The molecular formula is C26H24BN6O3. The van der Waals surface area contributed by atoms with E-state index in [4.69, 9.17) is 4.74 Å². The molecule has 0 aliphatic carbocycles. The number of nitrogens with one attached hydrogen (secondary N) is 1. The van der Waals surface area contributed by atoms with Gasteiger partial charge in [0.15, 0.2) is 0 Å². The van der Waals surface area contributed by atoms with Crippen molar-refractivity contribution in [3.63, 3.8) is 0 Å². The number of aromatic nitrogens is 2. The highest BCUT2D eigenvalue weighted by atomic mass is 16.5. The Hall–Kier alpha value is -4.41. The molecule has 0 fully saturated rings. The van der Waals surface area contributed by atoms with Gasteiger partial charge in [0, 0.05) is 29.4 Å². The van der Waals surface area contributed by atoms with Gasteiger partial charge in [0.25, 0.3) is 0 Å². The smallest absolute Gasteiger partial charge is 0.329 e. The molecule has 36 heavy (non-hydrogen) atoms. The van der Waals surface area contributed by atoms with Crippen molar-refractivity contribution in [1.29, 1.82) is 10.5 Å². The van der Waals surface area contributed by atoms with Crippen LogP contribution in [0.4, 0.5) is 17.3 Å². The van der Waals surface area contributed by atoms with Crippen molar-refractivity contribution in [1.82, 2.24) is 9.97 Å². The lowest BCUT2D eigenvalue weighted by Crippen LogP contribution is -2.36. The van der Waals surface area contributed by atoms with Crippen LogP contribution >= 0.6 is 0 Å². The van der Waals surface area contributed by atoms with Gasteiger partial charge in [-0.15, -0.1) is 0 Å². The van der Waals surface area contributed by atoms with Crippen molar-refractivity contribution in [2.75, 3.05) is 23.3 Å². The van der Waals surface area contributed by atoms with E-state index in [2.05, 4.69) is 27.4 Å². The third-order valence-corrected chi connectivity index (χ3v) is 5.95. The molecule has 9 nitrogen and oxygen atoms in total. The molecule has 0 unspecified atom stereocenters. The average Bonchev–Trinajstić information content (AvgIpc) is 3.16. The van der Waals surface area contributed by atoms with Gasteiger partial charge in [0.2, 0.25) is 5.95 Å². The molecule has 1 aliphatic rings. The van der Waals surface area contributed by atoms with E-state index in [0.717, 1.165) is 5.56 Å². The van der Waals surface area contributed by atoms with Gasteiger partial charge >= 0.3 is 7.41 Å². The fourth-order valence-corrected chi connectivity index (χ4v) is 4.27. The van der Waals surface area contributed by atoms with E-state index >= 15 is 0 Å². The number of fused-ring (bicyclic) bond motifs is 1. The van der Waals surface area contributed by atoms with Crippen LogP contribution in [0.25, 0.3) is 11.3 Å². The summed E-state index contributed by atoms with van der Waals surface area (Å²) < 4.78 is 5.86. The molecule has 3 aromatic rings. The van der Waals surface area contributed by atoms with Crippen LogP contribution in [0, 0.1) is 22.7 Å². The molecule has 0 bridgehead atoms. The molecule has 0 amide bonds. The van der Waals surface area contributed by atoms with Gasteiger partial charge in [-0.25, -0.2) is 9.97 Å². The third-order valence-electron chi connectivity index (χ3n) is 5.95. The van der Waals surface area contributed by atoms with E-state index in [1.54, 1.807) is 41.3 Å². The third kappa shape index (κ3) is 4.72. The summed E-state index contributed by atoms with van der Waals surface area (Å²) in [6, 6.07) is 14.7. The molecule has 1 aliphatic heterocycles. The fourth-order valence-electron chi connectivity index (χ4n) is 4.27. The average molecular weight is 479 g/mol. The number of aliphatic hydroxyl groups is 1. The number of carbonyl (C=O) groups is 1. The normalized spacial score (nSPS) is 16.1. The summed E-state index contributed by atoms with van der Waals surface area (Å²) in [7, 11) is 1.37. The first kappa shape index (κ1) is 24.7. The van der Waals surface area contributed by atoms with Gasteiger partial charge < -0.3 is 24.8 Å². The minimum atomic E-state index is -0.661. The van der Waals surface area contributed by atoms with Crippen LogP contribution in [0.15, 0.2) is 42.6 Å². The first-order chi connectivity index (χ1) is 17.3. The quantitative estimate of drug-likeness (QED) is 0.369. The van der Waals surface area contributed by atoms with Gasteiger partial charge in [0.05, 0.1) is 41.3 Å². The number of benzene rings is 2. The van der Waals surface area contributed by atoms with E-state index < -0.39 is 5.41 Å². The second-order valence-corrected chi connectivity index (χ2v) is 9.04. The Labute approximate surface area is 210 Å². The van der Waals surface area contributed by atoms with Crippen LogP contribution in [-0.4, -0.2) is 47.9 Å². The summed E-state index contributed by atoms with van der Waals surface area (Å²) in [5, 5.41) is 32.5. The predicted octanol–water partition coefficient (Wildman–Crippen LogP) is 3.30. The maximum atomic E-state index is 11.2. The topological polar surface area (TPSA) is 135 Å². The lowest BCUT2D eigenvalue weighted by Gasteiger charge is -2.23. The van der Waals surface area contributed by atoms with Crippen LogP contribution in [0.2, 0.25) is 0 Å². The van der Waals surface area contributed by atoms with E-state index in [0.29, 0.717) is 52.2 Å². The molecule has 1 aromatic heterocycles. The van der Waals surface area contributed by atoms with Crippen molar-refractivity contribution >= 4 is 30.9 Å². The van der Waals surface area contributed by atoms with Crippen molar-refractivity contribution in [2.24, 2.45) is 0 Å². The second kappa shape index (κ2) is 10.1. The monoisotopic (exact) mass is 479 g/mol. The number of hydrogen-bond donors (Lipinski definition) is 2. The molecule has 10 heteroatoms. The van der Waals surface area contributed by atoms with Crippen LogP contribution in [0.3, 0.4) is 0 Å². The predicted molar refractivity (Wildman–Crippen MR) is 137 cm³/mol. The van der Waals surface area contributed by atoms with Crippen LogP contribution < -0.4 is 14.9 Å². The number of rotatable bonds is 8. The largest absolute Gasteiger partial charge is 0.489 e. The zero-order valence-electron chi connectivity index (χ0n) is 20.2. The van der Waals surface area contributed by atoms with Gasteiger partial charge in [-0.1, -0.05) is 6.92 Å². The summed E-state index contributed by atoms with van der Waals surface area (Å²) >= 11 is 0. The Balaban J connectivity index is 1.76. The van der Waals surface area contributed by atoms with Gasteiger partial charge in [0.1, 0.15) is 18.0 Å². The second-order valence-electron chi connectivity index (χ2n) is 9.04. The molecule has 4 rings (SSSR count). The first-order valence-corrected chi connectivity index (χ1v) is 11.4. The van der Waals surface area contributed by atoms with E-state index in [1.165, 1.54) is 7.41 Å². The standard InChI is InChI=1S/C26H24BN6O3/c1-16(2)36-23-5-4-17(11-28)8-22(23)32-25-30-7-6-21(31-25)18-9-19(12-29)24-20(10-18)26(3,14-34)13-33(24)27-15-35/h4-10,15-16,34H,13-14H2,1-3H3,(H,30,31,32)/t26-/m1/s1. The maximum Gasteiger partial charge on any atom is 0.329 e. The van der Waals surface area contributed by atoms with Crippen LogP contribution in [0.1, 0.15) is 37.5 Å². The van der Waals surface area contributed by atoms with Crippen LogP contribution in [0.5, 0.6) is 5.75 Å². The number of aliphatic hydroxyl groups excluding tert-OH is 1. The zero-order chi connectivity index (χ0) is 25.9. The van der Waals surface area contributed by atoms with Crippen molar-refractivity contribution in [2.45, 2.75) is 32.3 Å². The van der Waals surface area contributed by atoms with Gasteiger partial charge in [-0.2, -0.15) is 10.5 Å². The minimum Gasteiger partial charge on any atom is -0.489 e. The highest BCUT2D eigenvalue weighted by molar-refractivity contribution is 6.70. The Bertz CT molecular complexity index is 1400. The molecule has 0 saturated carbocycles. The fraction of sp³-hybridized carbons (Fsp3) is 0.269. The number of nitrogens with zero attached hydrogens (tertiary/aromatic N) is 5. The summed E-state index contributed by atoms with van der Waals surface area (Å²) in [4.78, 5) is 21.8. The molecule has 0 saturated heterocycles. The summed E-state index contributed by atoms with van der Waals surface area (Å²) in [5.74, 6) is 0.851. The molecule has 2 N–H and O–H groups in total. The lowest BCUT2D eigenvalue weighted by atomic mass is 9.83. The number of anilines is 3. The molecular weight excluding hydrogens is 455 g/mol. The number of carbonyl (C=O) groups excluding carboxylic acids is 1. The zero-order valence-corrected chi connectivity index (χ0v) is 20.2. The first-order valence-electron chi connectivity index (χ1n) is 11.4. The Morgan fingerprint density at radius 3 is 2.75 bits per heavy atom. The molecule has 1 atom stereocenters. The van der Waals surface area contributed by atoms with Crippen molar-refractivity contribution in [3.05, 3.63) is 59.3 Å². The lowest BCUT2D eigenvalue weighted by molar-refractivity contribution is 0.217. The van der Waals surface area contributed by atoms with Crippen molar-refractivity contribution in [3.8, 4) is 29.1 Å².